The molecule has 26 heavy (non-hydrogen) atoms. The molecular formula is C23H21NOS. The molecule has 2 nitrogen and oxygen atoms in total. The van der Waals surface area contributed by atoms with Gasteiger partial charge in [-0.05, 0) is 36.2 Å². The van der Waals surface area contributed by atoms with Crippen molar-refractivity contribution >= 4 is 23.4 Å². The average Bonchev–Trinajstić information content (AvgIpc) is 2.71. The Kier molecular flexibility index (Phi) is 5.07. The van der Waals surface area contributed by atoms with Crippen LogP contribution in [0.4, 0.5) is 5.69 Å². The van der Waals surface area contributed by atoms with Crippen LogP contribution in [0.5, 0.6) is 0 Å². The van der Waals surface area contributed by atoms with Crippen LogP contribution in [0.1, 0.15) is 24.4 Å². The van der Waals surface area contributed by atoms with E-state index in [-0.39, 0.29) is 11.9 Å². The lowest BCUT2D eigenvalue weighted by Gasteiger charge is -2.41. The number of benzene rings is 3. The average molecular weight is 359 g/mol. The molecule has 1 heterocycles. The van der Waals surface area contributed by atoms with Gasteiger partial charge in [-0.1, -0.05) is 66.7 Å². The lowest BCUT2D eigenvalue weighted by atomic mass is 9.93. The van der Waals surface area contributed by atoms with Gasteiger partial charge in [0.05, 0.1) is 6.04 Å². The third-order valence-electron chi connectivity index (χ3n) is 4.75. The first-order valence-electron chi connectivity index (χ1n) is 8.97. The van der Waals surface area contributed by atoms with Crippen LogP contribution in [0.25, 0.3) is 0 Å². The Morgan fingerprint density at radius 3 is 2.00 bits per heavy atom. The van der Waals surface area contributed by atoms with E-state index in [0.29, 0.717) is 11.7 Å². The largest absolute Gasteiger partial charge is 0.304 e. The van der Waals surface area contributed by atoms with E-state index in [2.05, 4.69) is 48.5 Å². The van der Waals surface area contributed by atoms with Crippen LogP contribution >= 0.6 is 11.8 Å². The molecule has 1 amide bonds. The fourth-order valence-corrected chi connectivity index (χ4v) is 4.88. The predicted octanol–water partition coefficient (Wildman–Crippen LogP) is 5.72. The summed E-state index contributed by atoms with van der Waals surface area (Å²) >= 11 is 1.87. The number of thioether (sulfide) groups is 1. The summed E-state index contributed by atoms with van der Waals surface area (Å²) in [4.78, 5) is 16.1. The number of nitrogens with zero attached hydrogens (tertiary/aromatic N) is 1. The molecule has 0 N–H and O–H groups in total. The standard InChI is InChI=1S/C23H21NOS/c25-22-17-16-21(26-20-14-8-3-9-15-20)23(18-10-4-1-5-11-18)24(22)19-12-6-2-7-13-19/h1-15,21,23H,16-17H2/t21-,23-/m0/s1. The van der Waals surface area contributed by atoms with E-state index >= 15 is 0 Å². The molecule has 0 aliphatic carbocycles. The summed E-state index contributed by atoms with van der Waals surface area (Å²) in [5.41, 5.74) is 2.17. The zero-order valence-corrected chi connectivity index (χ0v) is 15.3. The fraction of sp³-hybridized carbons (Fsp3) is 0.174. The number of anilines is 1. The number of hydrogen-bond acceptors (Lipinski definition) is 2. The number of rotatable bonds is 4. The van der Waals surface area contributed by atoms with E-state index in [4.69, 9.17) is 0 Å². The van der Waals surface area contributed by atoms with Gasteiger partial charge < -0.3 is 4.90 Å². The number of carbonyl (C=O) groups is 1. The van der Waals surface area contributed by atoms with Crippen LogP contribution < -0.4 is 4.90 Å². The summed E-state index contributed by atoms with van der Waals surface area (Å²) in [7, 11) is 0. The SMILES string of the molecule is O=C1CC[C@H](Sc2ccccc2)[C@H](c2ccccc2)N1c1ccccc1. The first kappa shape index (κ1) is 16.9. The summed E-state index contributed by atoms with van der Waals surface area (Å²) in [6.45, 7) is 0. The molecule has 1 fully saturated rings. The topological polar surface area (TPSA) is 20.3 Å². The molecular weight excluding hydrogens is 338 g/mol. The maximum Gasteiger partial charge on any atom is 0.227 e. The van der Waals surface area contributed by atoms with E-state index in [9.17, 15) is 4.79 Å². The maximum absolute atomic E-state index is 12.9. The second-order valence-electron chi connectivity index (χ2n) is 6.46. The zero-order chi connectivity index (χ0) is 17.8. The van der Waals surface area contributed by atoms with Crippen LogP contribution in [-0.2, 0) is 4.79 Å². The van der Waals surface area contributed by atoms with Crippen molar-refractivity contribution < 1.29 is 4.79 Å². The van der Waals surface area contributed by atoms with Crippen LogP contribution in [0, 0.1) is 0 Å². The van der Waals surface area contributed by atoms with Crippen molar-refractivity contribution in [3.63, 3.8) is 0 Å². The summed E-state index contributed by atoms with van der Waals surface area (Å²) < 4.78 is 0. The van der Waals surface area contributed by atoms with Crippen LogP contribution in [0.15, 0.2) is 95.9 Å². The van der Waals surface area contributed by atoms with Crippen LogP contribution in [0.2, 0.25) is 0 Å². The lowest BCUT2D eigenvalue weighted by molar-refractivity contribution is -0.120. The monoisotopic (exact) mass is 359 g/mol. The van der Waals surface area contributed by atoms with Crippen molar-refractivity contribution in [3.8, 4) is 0 Å². The quantitative estimate of drug-likeness (QED) is 0.594. The van der Waals surface area contributed by atoms with Crippen LogP contribution in [-0.4, -0.2) is 11.2 Å². The number of hydrogen-bond donors (Lipinski definition) is 0. The highest BCUT2D eigenvalue weighted by Gasteiger charge is 2.38. The van der Waals surface area contributed by atoms with Crippen LogP contribution in [0.3, 0.4) is 0 Å². The summed E-state index contributed by atoms with van der Waals surface area (Å²) in [5, 5.41) is 0.317. The zero-order valence-electron chi connectivity index (χ0n) is 14.5. The molecule has 1 aliphatic rings. The normalized spacial score (nSPS) is 20.2. The van der Waals surface area contributed by atoms with Crippen molar-refractivity contribution in [1.82, 2.24) is 0 Å². The lowest BCUT2D eigenvalue weighted by Crippen LogP contribution is -2.44. The smallest absolute Gasteiger partial charge is 0.227 e. The molecule has 0 aromatic heterocycles. The summed E-state index contributed by atoms with van der Waals surface area (Å²) in [5.74, 6) is 0.204. The Hall–Kier alpha value is -2.52. The third-order valence-corrected chi connectivity index (χ3v) is 6.09. The van der Waals surface area contributed by atoms with Crippen molar-refractivity contribution in [1.29, 1.82) is 0 Å². The highest BCUT2D eigenvalue weighted by atomic mass is 32.2. The Labute approximate surface area is 158 Å². The Balaban J connectivity index is 1.74. The highest BCUT2D eigenvalue weighted by molar-refractivity contribution is 8.00. The van der Waals surface area contributed by atoms with Gasteiger partial charge in [0.25, 0.3) is 0 Å². The molecule has 0 saturated carbocycles. The van der Waals surface area contributed by atoms with E-state index < -0.39 is 0 Å². The Morgan fingerprint density at radius 1 is 0.769 bits per heavy atom. The first-order valence-corrected chi connectivity index (χ1v) is 9.84. The molecule has 0 unspecified atom stereocenters. The molecule has 130 valence electrons. The second kappa shape index (κ2) is 7.79. The minimum absolute atomic E-state index is 0.0325. The molecule has 0 bridgehead atoms. The number of para-hydroxylation sites is 1. The molecule has 1 saturated heterocycles. The van der Waals surface area contributed by atoms with Crippen molar-refractivity contribution in [2.75, 3.05) is 4.90 Å². The Morgan fingerprint density at radius 2 is 1.35 bits per heavy atom. The summed E-state index contributed by atoms with van der Waals surface area (Å²) in [6.07, 6.45) is 1.48. The summed E-state index contributed by atoms with van der Waals surface area (Å²) in [6, 6.07) is 31.0. The molecule has 4 rings (SSSR count). The van der Waals surface area contributed by atoms with Crippen molar-refractivity contribution in [2.24, 2.45) is 0 Å². The molecule has 0 spiro atoms. The van der Waals surface area contributed by atoms with Gasteiger partial charge in [-0.3, -0.25) is 4.79 Å². The van der Waals surface area contributed by atoms with Gasteiger partial charge in [0.15, 0.2) is 0 Å². The van der Waals surface area contributed by atoms with E-state index in [1.807, 2.05) is 59.1 Å². The van der Waals surface area contributed by atoms with Gasteiger partial charge in [-0.25, -0.2) is 0 Å². The van der Waals surface area contributed by atoms with Gasteiger partial charge in [0.1, 0.15) is 0 Å². The van der Waals surface area contributed by atoms with E-state index in [1.54, 1.807) is 0 Å². The van der Waals surface area contributed by atoms with Crippen molar-refractivity contribution in [3.05, 3.63) is 96.6 Å². The molecule has 3 aromatic carbocycles. The first-order chi connectivity index (χ1) is 12.8. The number of carbonyl (C=O) groups excluding carboxylic acids is 1. The van der Waals surface area contributed by atoms with E-state index in [1.165, 1.54) is 10.5 Å². The van der Waals surface area contributed by atoms with Crippen molar-refractivity contribution in [2.45, 2.75) is 29.0 Å². The van der Waals surface area contributed by atoms with Gasteiger partial charge in [0.2, 0.25) is 5.91 Å². The molecule has 3 heteroatoms. The molecule has 1 aliphatic heterocycles. The fourth-order valence-electron chi connectivity index (χ4n) is 3.57. The van der Waals surface area contributed by atoms with E-state index in [0.717, 1.165) is 12.1 Å². The minimum Gasteiger partial charge on any atom is -0.304 e. The van der Waals surface area contributed by atoms with Gasteiger partial charge >= 0.3 is 0 Å². The third kappa shape index (κ3) is 3.54. The Bertz CT molecular complexity index is 851. The highest BCUT2D eigenvalue weighted by Crippen LogP contribution is 2.43. The van der Waals surface area contributed by atoms with Gasteiger partial charge in [0, 0.05) is 22.3 Å². The predicted molar refractivity (Wildman–Crippen MR) is 108 cm³/mol. The number of amides is 1. The maximum atomic E-state index is 12.9. The van der Waals surface area contributed by atoms with Gasteiger partial charge in [-0.15, -0.1) is 11.8 Å². The molecule has 3 aromatic rings. The molecule has 2 atom stereocenters. The minimum atomic E-state index is 0.0325. The molecule has 0 radical (unpaired) electrons. The van der Waals surface area contributed by atoms with Gasteiger partial charge in [-0.2, -0.15) is 0 Å². The number of piperidine rings is 1. The second-order valence-corrected chi connectivity index (χ2v) is 7.78.